The van der Waals surface area contributed by atoms with Crippen LogP contribution in [0.5, 0.6) is 0 Å². The van der Waals surface area contributed by atoms with Crippen LogP contribution in [0, 0.1) is 0 Å². The van der Waals surface area contributed by atoms with Crippen LogP contribution in [0.2, 0.25) is 0 Å². The molecular formula is C14H29BrMo6. The minimum absolute atomic E-state index is 0. The molecule has 0 nitrogen and oxygen atoms in total. The number of hydrogen-bond acceptors (Lipinski definition) is 0. The second-order valence-corrected chi connectivity index (χ2v) is 5.37. The molecular weight excluding hydrogens is 824 g/mol. The Kier molecular flexibility index (Phi) is 94.3. The van der Waals surface area contributed by atoms with E-state index in [-0.39, 0.29) is 126 Å². The van der Waals surface area contributed by atoms with Crippen molar-refractivity contribution in [2.24, 2.45) is 0 Å². The number of hydrogen-bond donors (Lipinski definition) is 0. The van der Waals surface area contributed by atoms with Gasteiger partial charge in [-0.05, 0) is 6.42 Å². The maximum Gasteiger partial charge on any atom is 0.00313 e. The Labute approximate surface area is 228 Å². The molecule has 0 aliphatic carbocycles. The molecule has 0 saturated carbocycles. The van der Waals surface area contributed by atoms with Crippen molar-refractivity contribution in [3.8, 4) is 0 Å². The third-order valence-corrected chi connectivity index (χ3v) is 3.55. The second kappa shape index (κ2) is 44.2. The van der Waals surface area contributed by atoms with Crippen molar-refractivity contribution in [1.82, 2.24) is 0 Å². The zero-order chi connectivity index (χ0) is 11.2. The number of alkyl halides is 1. The molecule has 0 aromatic carbocycles. The third-order valence-electron chi connectivity index (χ3n) is 2.99. The van der Waals surface area contributed by atoms with E-state index in [0.29, 0.717) is 0 Å². The van der Waals surface area contributed by atoms with Crippen molar-refractivity contribution in [3.63, 3.8) is 0 Å². The predicted molar refractivity (Wildman–Crippen MR) is 74.9 cm³/mol. The molecule has 0 aromatic rings. The Morgan fingerprint density at radius 1 is 0.429 bits per heavy atom. The Morgan fingerprint density at radius 3 is 0.905 bits per heavy atom. The van der Waals surface area contributed by atoms with E-state index in [0.717, 1.165) is 0 Å². The van der Waals surface area contributed by atoms with Gasteiger partial charge in [-0.1, -0.05) is 93.5 Å². The zero-order valence-corrected chi connectivity index (χ0v) is 26.6. The molecule has 0 heterocycles. The first-order valence-electron chi connectivity index (χ1n) is 6.97. The first kappa shape index (κ1) is 44.8. The van der Waals surface area contributed by atoms with Gasteiger partial charge in [0.05, 0.1) is 0 Å². The molecule has 0 N–H and O–H groups in total. The summed E-state index contributed by atoms with van der Waals surface area (Å²) < 4.78 is 0. The van der Waals surface area contributed by atoms with Gasteiger partial charge in [-0.2, -0.15) is 0 Å². The topological polar surface area (TPSA) is 0 Å². The molecule has 0 aromatic heterocycles. The molecule has 0 radical (unpaired) electrons. The van der Waals surface area contributed by atoms with E-state index in [4.69, 9.17) is 0 Å². The maximum absolute atomic E-state index is 3.47. The largest absolute Gasteiger partial charge is 0.0928 e. The van der Waals surface area contributed by atoms with E-state index in [1.807, 2.05) is 0 Å². The van der Waals surface area contributed by atoms with Crippen LogP contribution in [0.4, 0.5) is 0 Å². The van der Waals surface area contributed by atoms with E-state index < -0.39 is 0 Å². The monoisotopic (exact) mass is 864 g/mol. The molecule has 0 fully saturated rings. The van der Waals surface area contributed by atoms with Crippen LogP contribution in [0.3, 0.4) is 0 Å². The first-order valence-corrected chi connectivity index (χ1v) is 8.10. The fourth-order valence-corrected chi connectivity index (χ4v) is 2.33. The number of halogens is 1. The molecule has 0 rings (SSSR count). The number of unbranched alkanes of at least 4 members (excludes halogenated alkanes) is 11. The van der Waals surface area contributed by atoms with Gasteiger partial charge in [0.25, 0.3) is 0 Å². The molecule has 0 unspecified atom stereocenters. The summed E-state index contributed by atoms with van der Waals surface area (Å²) in [5, 5.41) is 1.18. The van der Waals surface area contributed by atoms with Gasteiger partial charge in [-0.3, -0.25) is 0 Å². The van der Waals surface area contributed by atoms with Crippen LogP contribution in [0.15, 0.2) is 0 Å². The van der Waals surface area contributed by atoms with Crippen LogP contribution in [-0.4, -0.2) is 5.33 Å². The zero-order valence-electron chi connectivity index (χ0n) is 13.0. The Morgan fingerprint density at radius 2 is 0.667 bits per heavy atom. The van der Waals surface area contributed by atoms with Crippen molar-refractivity contribution in [2.45, 2.75) is 84.0 Å². The first-order chi connectivity index (χ1) is 7.41. The van der Waals surface area contributed by atoms with Crippen LogP contribution in [-0.2, 0) is 126 Å². The predicted octanol–water partition coefficient (Wildman–Crippen LogP) is 6.07. The minimum Gasteiger partial charge on any atom is -0.0928 e. The van der Waals surface area contributed by atoms with Gasteiger partial charge in [-0.25, -0.2) is 0 Å². The Bertz CT molecular complexity index is 108. The summed E-state index contributed by atoms with van der Waals surface area (Å²) in [6.07, 6.45) is 17.3. The van der Waals surface area contributed by atoms with E-state index >= 15 is 0 Å². The van der Waals surface area contributed by atoms with Crippen molar-refractivity contribution >= 4 is 15.9 Å². The molecule has 0 spiro atoms. The SMILES string of the molecule is CCCCCCCCCCCCCCBr.[Mo].[Mo].[Mo].[Mo].[Mo].[Mo]. The van der Waals surface area contributed by atoms with E-state index in [2.05, 4.69) is 22.9 Å². The maximum atomic E-state index is 3.47. The van der Waals surface area contributed by atoms with Crippen LogP contribution < -0.4 is 0 Å². The van der Waals surface area contributed by atoms with E-state index in [1.54, 1.807) is 0 Å². The third kappa shape index (κ3) is 45.6. The van der Waals surface area contributed by atoms with Gasteiger partial charge in [0.15, 0.2) is 0 Å². The molecule has 0 saturated heterocycles. The van der Waals surface area contributed by atoms with Crippen LogP contribution in [0.1, 0.15) is 84.0 Å². The molecule has 128 valence electrons. The van der Waals surface area contributed by atoms with Gasteiger partial charge in [0.2, 0.25) is 0 Å². The van der Waals surface area contributed by atoms with Gasteiger partial charge >= 0.3 is 0 Å². The Hall–Kier alpha value is 4.61. The van der Waals surface area contributed by atoms with Crippen molar-refractivity contribution in [3.05, 3.63) is 0 Å². The summed E-state index contributed by atoms with van der Waals surface area (Å²) in [4.78, 5) is 0. The molecule has 0 amide bonds. The fourth-order valence-electron chi connectivity index (χ4n) is 1.94. The summed E-state index contributed by atoms with van der Waals surface area (Å²) >= 11 is 3.47. The molecule has 0 aliphatic heterocycles. The van der Waals surface area contributed by atoms with Crippen molar-refractivity contribution in [1.29, 1.82) is 0 Å². The second-order valence-electron chi connectivity index (χ2n) is 4.58. The van der Waals surface area contributed by atoms with Gasteiger partial charge < -0.3 is 0 Å². The smallest absolute Gasteiger partial charge is 0.00313 e. The average molecular weight is 853 g/mol. The molecule has 7 heteroatoms. The summed E-state index contributed by atoms with van der Waals surface area (Å²) in [6.45, 7) is 2.28. The normalized spacial score (nSPS) is 7.71. The molecule has 0 atom stereocenters. The fraction of sp³-hybridized carbons (Fsp3) is 1.00. The van der Waals surface area contributed by atoms with E-state index in [9.17, 15) is 0 Å². The molecule has 0 aliphatic rings. The summed E-state index contributed by atoms with van der Waals surface area (Å²) in [7, 11) is 0. The van der Waals surface area contributed by atoms with Gasteiger partial charge in [-0.15, -0.1) is 0 Å². The summed E-state index contributed by atoms with van der Waals surface area (Å²) in [6, 6.07) is 0. The van der Waals surface area contributed by atoms with Crippen LogP contribution >= 0.6 is 15.9 Å². The molecule has 0 bridgehead atoms. The quantitative estimate of drug-likeness (QED) is 0.127. The minimum atomic E-state index is 0. The number of rotatable bonds is 12. The summed E-state index contributed by atoms with van der Waals surface area (Å²) in [5.74, 6) is 0. The van der Waals surface area contributed by atoms with Crippen molar-refractivity contribution in [2.75, 3.05) is 5.33 Å². The van der Waals surface area contributed by atoms with Gasteiger partial charge in [0.1, 0.15) is 0 Å². The van der Waals surface area contributed by atoms with E-state index in [1.165, 1.54) is 82.4 Å². The summed E-state index contributed by atoms with van der Waals surface area (Å²) in [5.41, 5.74) is 0. The average Bonchev–Trinajstić information content (AvgIpc) is 2.26. The van der Waals surface area contributed by atoms with Crippen molar-refractivity contribution < 1.29 is 126 Å². The van der Waals surface area contributed by atoms with Crippen LogP contribution in [0.25, 0.3) is 0 Å². The standard InChI is InChI=1S/C14H29Br.6Mo/c1-2-3-4-5-6-7-8-9-10-11-12-13-14-15;;;;;;/h2-14H2,1H3;;;;;;. The Balaban J connectivity index is -0.0000000653. The molecule has 21 heavy (non-hydrogen) atoms. The van der Waals surface area contributed by atoms with Gasteiger partial charge in [0, 0.05) is 132 Å².